The van der Waals surface area contributed by atoms with Crippen LogP contribution >= 0.6 is 22.9 Å². The molecule has 0 radical (unpaired) electrons. The van der Waals surface area contributed by atoms with Crippen molar-refractivity contribution >= 4 is 33.9 Å². The van der Waals surface area contributed by atoms with Crippen LogP contribution < -0.4 is 4.90 Å². The molecule has 2 N–H and O–H groups in total. The molecule has 4 nitrogen and oxygen atoms in total. The Morgan fingerprint density at radius 3 is 2.35 bits per heavy atom. The quantitative estimate of drug-likeness (QED) is 0.739. The molecule has 1 aliphatic heterocycles. The molecular formula is C20H24ClNO3S. The van der Waals surface area contributed by atoms with Crippen LogP contribution in [0.2, 0.25) is 5.02 Å². The van der Waals surface area contributed by atoms with Gasteiger partial charge in [-0.3, -0.25) is 0 Å². The Morgan fingerprint density at radius 2 is 1.81 bits per heavy atom. The summed E-state index contributed by atoms with van der Waals surface area (Å²) in [5, 5.41) is 22.3. The topological polar surface area (TPSA) is 60.8 Å². The van der Waals surface area contributed by atoms with Gasteiger partial charge in [0.15, 0.2) is 0 Å². The molecule has 26 heavy (non-hydrogen) atoms. The molecule has 2 heterocycles. The van der Waals surface area contributed by atoms with Crippen LogP contribution in [0.15, 0.2) is 24.3 Å². The number of halogens is 1. The number of thiophene rings is 1. The van der Waals surface area contributed by atoms with Gasteiger partial charge in [0.2, 0.25) is 0 Å². The first-order valence-electron chi connectivity index (χ1n) is 9.10. The molecule has 2 aromatic rings. The fourth-order valence-electron chi connectivity index (χ4n) is 3.60. The average molecular weight is 394 g/mol. The molecule has 0 aliphatic carbocycles. The largest absolute Gasteiger partial charge is 0.477 e. The summed E-state index contributed by atoms with van der Waals surface area (Å²) in [5.41, 5.74) is 2.15. The molecule has 1 atom stereocenters. The SMILES string of the molecule is CCc1c(N2CCCCCC2)sc(C(=O)O)c1C(O)c1ccc(Cl)cc1. The molecule has 1 aliphatic rings. The van der Waals surface area contributed by atoms with Crippen LogP contribution in [0.4, 0.5) is 5.00 Å². The maximum atomic E-state index is 11.9. The van der Waals surface area contributed by atoms with Crippen LogP contribution in [-0.2, 0) is 6.42 Å². The molecule has 1 aromatic heterocycles. The minimum atomic E-state index is -0.978. The average Bonchev–Trinajstić information content (AvgIpc) is 2.81. The Hall–Kier alpha value is -1.56. The van der Waals surface area contributed by atoms with Crippen molar-refractivity contribution in [2.24, 2.45) is 0 Å². The molecule has 0 spiro atoms. The fourth-order valence-corrected chi connectivity index (χ4v) is 5.04. The van der Waals surface area contributed by atoms with Gasteiger partial charge in [-0.25, -0.2) is 4.79 Å². The summed E-state index contributed by atoms with van der Waals surface area (Å²) in [6.07, 6.45) is 4.41. The first-order chi connectivity index (χ1) is 12.5. The zero-order valence-electron chi connectivity index (χ0n) is 14.9. The molecule has 0 saturated carbocycles. The number of aliphatic hydroxyl groups is 1. The van der Waals surface area contributed by atoms with Crippen LogP contribution in [0.25, 0.3) is 0 Å². The highest BCUT2D eigenvalue weighted by molar-refractivity contribution is 7.18. The van der Waals surface area contributed by atoms with E-state index < -0.39 is 12.1 Å². The Kier molecular flexibility index (Phi) is 6.22. The first-order valence-corrected chi connectivity index (χ1v) is 10.3. The highest BCUT2D eigenvalue weighted by atomic mass is 35.5. The van der Waals surface area contributed by atoms with E-state index in [1.807, 2.05) is 6.92 Å². The van der Waals surface area contributed by atoms with Gasteiger partial charge < -0.3 is 15.1 Å². The Balaban J connectivity index is 2.07. The minimum Gasteiger partial charge on any atom is -0.477 e. The number of benzene rings is 1. The normalized spacial score (nSPS) is 16.3. The highest BCUT2D eigenvalue weighted by Gasteiger charge is 2.29. The Labute approximate surface area is 163 Å². The second-order valence-electron chi connectivity index (χ2n) is 6.64. The van der Waals surface area contributed by atoms with Gasteiger partial charge in [-0.15, -0.1) is 11.3 Å². The fraction of sp³-hybridized carbons (Fsp3) is 0.450. The lowest BCUT2D eigenvalue weighted by molar-refractivity contribution is 0.0697. The van der Waals surface area contributed by atoms with Crippen LogP contribution in [-0.4, -0.2) is 29.3 Å². The molecular weight excluding hydrogens is 370 g/mol. The predicted octanol–water partition coefficient (Wildman–Crippen LogP) is 5.12. The molecule has 0 amide bonds. The summed E-state index contributed by atoms with van der Waals surface area (Å²) in [7, 11) is 0. The van der Waals surface area contributed by atoms with Gasteiger partial charge in [0, 0.05) is 23.7 Å². The molecule has 1 aromatic carbocycles. The standard InChI is InChI=1S/C20H24ClNO3S/c1-2-15-16(17(23)13-7-9-14(21)10-8-13)18(20(24)25)26-19(15)22-11-5-3-4-6-12-22/h7-10,17,23H,2-6,11-12H2,1H3,(H,24,25). The molecule has 1 fully saturated rings. The van der Waals surface area contributed by atoms with Crippen molar-refractivity contribution in [1.82, 2.24) is 0 Å². The summed E-state index contributed by atoms with van der Waals surface area (Å²) in [4.78, 5) is 14.4. The number of nitrogens with zero attached hydrogens (tertiary/aromatic N) is 1. The van der Waals surface area contributed by atoms with E-state index in [0.29, 0.717) is 22.6 Å². The smallest absolute Gasteiger partial charge is 0.346 e. The first kappa shape index (κ1) is 19.2. The van der Waals surface area contributed by atoms with E-state index in [2.05, 4.69) is 4.90 Å². The summed E-state index contributed by atoms with van der Waals surface area (Å²) in [5.74, 6) is -0.978. The van der Waals surface area contributed by atoms with Crippen LogP contribution in [0.5, 0.6) is 0 Å². The molecule has 1 saturated heterocycles. The maximum Gasteiger partial charge on any atom is 0.346 e. The Morgan fingerprint density at radius 1 is 1.19 bits per heavy atom. The van der Waals surface area contributed by atoms with Crippen molar-refractivity contribution in [1.29, 1.82) is 0 Å². The van der Waals surface area contributed by atoms with Crippen LogP contribution in [0, 0.1) is 0 Å². The van der Waals surface area contributed by atoms with Crippen molar-refractivity contribution in [2.75, 3.05) is 18.0 Å². The Bertz CT molecular complexity index is 764. The molecule has 140 valence electrons. The van der Waals surface area contributed by atoms with E-state index >= 15 is 0 Å². The number of aliphatic hydroxyl groups excluding tert-OH is 1. The van der Waals surface area contributed by atoms with E-state index in [1.165, 1.54) is 24.2 Å². The van der Waals surface area contributed by atoms with Crippen molar-refractivity contribution < 1.29 is 15.0 Å². The lowest BCUT2D eigenvalue weighted by Gasteiger charge is -2.23. The number of hydrogen-bond acceptors (Lipinski definition) is 4. The number of aromatic carboxylic acids is 1. The zero-order valence-corrected chi connectivity index (χ0v) is 16.4. The zero-order chi connectivity index (χ0) is 18.7. The van der Waals surface area contributed by atoms with E-state index in [-0.39, 0.29) is 4.88 Å². The van der Waals surface area contributed by atoms with Crippen molar-refractivity contribution in [3.63, 3.8) is 0 Å². The summed E-state index contributed by atoms with van der Waals surface area (Å²) in [6, 6.07) is 6.94. The van der Waals surface area contributed by atoms with Crippen LogP contribution in [0.3, 0.4) is 0 Å². The summed E-state index contributed by atoms with van der Waals surface area (Å²) < 4.78 is 0. The molecule has 0 bridgehead atoms. The monoisotopic (exact) mass is 393 g/mol. The molecule has 1 unspecified atom stereocenters. The van der Waals surface area contributed by atoms with Gasteiger partial charge in [0.25, 0.3) is 0 Å². The van der Waals surface area contributed by atoms with Gasteiger partial charge in [0.1, 0.15) is 11.0 Å². The van der Waals surface area contributed by atoms with E-state index in [4.69, 9.17) is 11.6 Å². The number of anilines is 1. The summed E-state index contributed by atoms with van der Waals surface area (Å²) in [6.45, 7) is 3.92. The highest BCUT2D eigenvalue weighted by Crippen LogP contribution is 2.42. The third-order valence-electron chi connectivity index (χ3n) is 4.93. The third-order valence-corrected chi connectivity index (χ3v) is 6.48. The number of rotatable bonds is 5. The number of hydrogen-bond donors (Lipinski definition) is 2. The van der Waals surface area contributed by atoms with E-state index in [0.717, 1.165) is 36.5 Å². The van der Waals surface area contributed by atoms with Gasteiger partial charge in [-0.2, -0.15) is 0 Å². The van der Waals surface area contributed by atoms with Crippen molar-refractivity contribution in [3.8, 4) is 0 Å². The van der Waals surface area contributed by atoms with Gasteiger partial charge in [-0.05, 0) is 42.5 Å². The second-order valence-corrected chi connectivity index (χ2v) is 8.08. The lowest BCUT2D eigenvalue weighted by atomic mass is 9.96. The predicted molar refractivity (Wildman–Crippen MR) is 107 cm³/mol. The number of carboxylic acid groups (broad SMARTS) is 1. The summed E-state index contributed by atoms with van der Waals surface area (Å²) >= 11 is 7.24. The lowest BCUT2D eigenvalue weighted by Crippen LogP contribution is -2.24. The van der Waals surface area contributed by atoms with Gasteiger partial charge in [0.05, 0.1) is 5.00 Å². The second kappa shape index (κ2) is 8.42. The molecule has 6 heteroatoms. The van der Waals surface area contributed by atoms with E-state index in [1.54, 1.807) is 24.3 Å². The third kappa shape index (κ3) is 3.90. The number of carbonyl (C=O) groups is 1. The van der Waals surface area contributed by atoms with Crippen molar-refractivity contribution in [3.05, 3.63) is 50.9 Å². The maximum absolute atomic E-state index is 11.9. The van der Waals surface area contributed by atoms with Crippen LogP contribution in [0.1, 0.15) is 65.1 Å². The number of carboxylic acids is 1. The van der Waals surface area contributed by atoms with E-state index in [9.17, 15) is 15.0 Å². The van der Waals surface area contributed by atoms with Gasteiger partial charge >= 0.3 is 5.97 Å². The van der Waals surface area contributed by atoms with Gasteiger partial charge in [-0.1, -0.05) is 43.5 Å². The molecule has 3 rings (SSSR count). The van der Waals surface area contributed by atoms with Crippen molar-refractivity contribution in [2.45, 2.75) is 45.1 Å². The minimum absolute atomic E-state index is 0.239.